The van der Waals surface area contributed by atoms with Gasteiger partial charge in [-0.1, -0.05) is 23.5 Å². The molecule has 0 radical (unpaired) electrons. The van der Waals surface area contributed by atoms with Crippen molar-refractivity contribution in [1.29, 1.82) is 0 Å². The first-order valence-corrected chi connectivity index (χ1v) is 7.97. The van der Waals surface area contributed by atoms with Crippen molar-refractivity contribution in [2.75, 3.05) is 25.6 Å². The Kier molecular flexibility index (Phi) is 4.11. The second-order valence-electron chi connectivity index (χ2n) is 5.62. The van der Waals surface area contributed by atoms with Gasteiger partial charge < -0.3 is 9.64 Å². The van der Waals surface area contributed by atoms with Crippen molar-refractivity contribution in [1.82, 2.24) is 4.98 Å². The summed E-state index contributed by atoms with van der Waals surface area (Å²) in [6.45, 7) is 0.441. The van der Waals surface area contributed by atoms with Crippen LogP contribution in [0.3, 0.4) is 0 Å². The number of carbonyl (C=O) groups excluding carboxylic acids is 1. The molecule has 116 valence electrons. The lowest BCUT2D eigenvalue weighted by atomic mass is 10.1. The predicted octanol–water partition coefficient (Wildman–Crippen LogP) is 3.58. The van der Waals surface area contributed by atoms with Gasteiger partial charge in [0.25, 0.3) is 0 Å². The number of rotatable bonds is 5. The molecule has 2 aromatic rings. The van der Waals surface area contributed by atoms with Gasteiger partial charge in [0, 0.05) is 14.1 Å². The van der Waals surface area contributed by atoms with E-state index in [0.29, 0.717) is 28.1 Å². The fourth-order valence-corrected chi connectivity index (χ4v) is 2.98. The maximum absolute atomic E-state index is 13.5. The van der Waals surface area contributed by atoms with Gasteiger partial charge in [0.2, 0.25) is 0 Å². The number of hydrogen-bond donors (Lipinski definition) is 0. The van der Waals surface area contributed by atoms with Crippen molar-refractivity contribution >= 4 is 22.4 Å². The van der Waals surface area contributed by atoms with E-state index >= 15 is 0 Å². The van der Waals surface area contributed by atoms with Crippen LogP contribution in [0.4, 0.5) is 9.52 Å². The summed E-state index contributed by atoms with van der Waals surface area (Å²) < 4.78 is 18.8. The minimum absolute atomic E-state index is 0.264. The topological polar surface area (TPSA) is 42.4 Å². The molecule has 4 nitrogen and oxygen atoms in total. The lowest BCUT2D eigenvalue weighted by molar-refractivity contribution is 0.0481. The number of hydrogen-bond acceptors (Lipinski definition) is 5. The number of thiazole rings is 1. The quantitative estimate of drug-likeness (QED) is 0.790. The highest BCUT2D eigenvalue weighted by Gasteiger charge is 2.26. The third-order valence-electron chi connectivity index (χ3n) is 3.43. The van der Waals surface area contributed by atoms with E-state index < -0.39 is 5.97 Å². The molecule has 1 aliphatic carbocycles. The molecule has 1 heterocycles. The van der Waals surface area contributed by atoms with Gasteiger partial charge in [0.1, 0.15) is 5.82 Å². The van der Waals surface area contributed by atoms with E-state index in [1.807, 2.05) is 19.0 Å². The largest absolute Gasteiger partial charge is 0.461 e. The standard InChI is InChI=1S/C16H17FN2O2S/c1-19(2)16-18-13(15(20)21-9-10-6-7-10)14(22-16)11-4-3-5-12(17)8-11/h3-5,8,10H,6-7,9H2,1-2H3. The summed E-state index contributed by atoms with van der Waals surface area (Å²) in [6.07, 6.45) is 2.23. The third kappa shape index (κ3) is 3.27. The fourth-order valence-electron chi connectivity index (χ4n) is 2.01. The molecule has 0 unspecified atom stereocenters. The summed E-state index contributed by atoms with van der Waals surface area (Å²) in [5, 5.41) is 0.692. The number of nitrogens with zero attached hydrogens (tertiary/aromatic N) is 2. The summed E-state index contributed by atoms with van der Waals surface area (Å²) in [4.78, 5) is 19.1. The summed E-state index contributed by atoms with van der Waals surface area (Å²) in [7, 11) is 3.71. The van der Waals surface area contributed by atoms with Crippen molar-refractivity contribution < 1.29 is 13.9 Å². The number of halogens is 1. The van der Waals surface area contributed by atoms with Gasteiger partial charge in [0.05, 0.1) is 11.5 Å². The Balaban J connectivity index is 1.94. The molecule has 6 heteroatoms. The van der Waals surface area contributed by atoms with Crippen LogP contribution in [0.25, 0.3) is 10.4 Å². The van der Waals surface area contributed by atoms with Crippen LogP contribution in [0.1, 0.15) is 23.3 Å². The van der Waals surface area contributed by atoms with Crippen LogP contribution in [0.15, 0.2) is 24.3 Å². The molecule has 1 aliphatic rings. The molecule has 1 aromatic heterocycles. The third-order valence-corrected chi connectivity index (χ3v) is 4.70. The Morgan fingerprint density at radius 2 is 2.23 bits per heavy atom. The van der Waals surface area contributed by atoms with Gasteiger partial charge in [-0.3, -0.25) is 0 Å². The molecule has 0 saturated heterocycles. The van der Waals surface area contributed by atoms with Gasteiger partial charge in [-0.25, -0.2) is 14.2 Å². The molecule has 0 amide bonds. The molecule has 3 rings (SSSR count). The predicted molar refractivity (Wildman–Crippen MR) is 84.8 cm³/mol. The monoisotopic (exact) mass is 320 g/mol. The first kappa shape index (κ1) is 15.0. The zero-order valence-electron chi connectivity index (χ0n) is 12.5. The smallest absolute Gasteiger partial charge is 0.358 e. The first-order chi connectivity index (χ1) is 10.5. The Bertz CT molecular complexity index is 695. The Hall–Kier alpha value is -1.95. The molecule has 0 N–H and O–H groups in total. The molecule has 0 aliphatic heterocycles. The highest BCUT2D eigenvalue weighted by Crippen LogP contribution is 2.35. The molecular formula is C16H17FN2O2S. The van der Waals surface area contributed by atoms with Crippen LogP contribution in [0, 0.1) is 11.7 Å². The first-order valence-electron chi connectivity index (χ1n) is 7.16. The SMILES string of the molecule is CN(C)c1nc(C(=O)OCC2CC2)c(-c2cccc(F)c2)s1. The summed E-state index contributed by atoms with van der Waals surface area (Å²) in [6, 6.07) is 6.18. The van der Waals surface area contributed by atoms with Crippen LogP contribution in [0.5, 0.6) is 0 Å². The maximum Gasteiger partial charge on any atom is 0.358 e. The van der Waals surface area contributed by atoms with Gasteiger partial charge >= 0.3 is 5.97 Å². The second-order valence-corrected chi connectivity index (χ2v) is 6.60. The van der Waals surface area contributed by atoms with Crippen molar-refractivity contribution in [2.24, 2.45) is 5.92 Å². The van der Waals surface area contributed by atoms with E-state index in [9.17, 15) is 9.18 Å². The molecule has 1 fully saturated rings. The zero-order chi connectivity index (χ0) is 15.7. The fraction of sp³-hybridized carbons (Fsp3) is 0.375. The van der Waals surface area contributed by atoms with E-state index in [2.05, 4.69) is 4.98 Å². The molecule has 22 heavy (non-hydrogen) atoms. The van der Waals surface area contributed by atoms with Gasteiger partial charge in [-0.15, -0.1) is 0 Å². The van der Waals surface area contributed by atoms with Crippen molar-refractivity contribution in [3.63, 3.8) is 0 Å². The lowest BCUT2D eigenvalue weighted by Crippen LogP contribution is -2.11. The van der Waals surface area contributed by atoms with Crippen molar-refractivity contribution in [2.45, 2.75) is 12.8 Å². The molecule has 1 aromatic carbocycles. The van der Waals surface area contributed by atoms with Gasteiger partial charge in [-0.05, 0) is 36.5 Å². The number of carbonyl (C=O) groups is 1. The Morgan fingerprint density at radius 3 is 2.86 bits per heavy atom. The van der Waals surface area contributed by atoms with Crippen LogP contribution in [-0.4, -0.2) is 31.7 Å². The molecule has 0 spiro atoms. The number of anilines is 1. The van der Waals surface area contributed by atoms with Crippen LogP contribution in [-0.2, 0) is 4.74 Å². The molecule has 0 atom stereocenters. The second kappa shape index (κ2) is 6.04. The normalized spacial score (nSPS) is 14.0. The minimum Gasteiger partial charge on any atom is -0.461 e. The van der Waals surface area contributed by atoms with Crippen LogP contribution in [0.2, 0.25) is 0 Å². The van der Waals surface area contributed by atoms with E-state index in [4.69, 9.17) is 4.74 Å². The van der Waals surface area contributed by atoms with Gasteiger partial charge in [0.15, 0.2) is 10.8 Å². The highest BCUT2D eigenvalue weighted by atomic mass is 32.1. The van der Waals surface area contributed by atoms with Crippen LogP contribution < -0.4 is 4.90 Å². The van der Waals surface area contributed by atoms with Crippen LogP contribution >= 0.6 is 11.3 Å². The van der Waals surface area contributed by atoms with E-state index in [1.54, 1.807) is 12.1 Å². The maximum atomic E-state index is 13.5. The number of esters is 1. The molecule has 0 bridgehead atoms. The average Bonchev–Trinajstić information content (AvgIpc) is 3.20. The van der Waals surface area contributed by atoms with Gasteiger partial charge in [-0.2, -0.15) is 0 Å². The lowest BCUT2D eigenvalue weighted by Gasteiger charge is -2.05. The summed E-state index contributed by atoms with van der Waals surface area (Å²) in [5.74, 6) is -0.279. The number of ether oxygens (including phenoxy) is 1. The average molecular weight is 320 g/mol. The highest BCUT2D eigenvalue weighted by molar-refractivity contribution is 7.19. The summed E-state index contributed by atoms with van der Waals surface area (Å²) >= 11 is 1.35. The van der Waals surface area contributed by atoms with Crippen molar-refractivity contribution in [3.05, 3.63) is 35.8 Å². The van der Waals surface area contributed by atoms with Crippen molar-refractivity contribution in [3.8, 4) is 10.4 Å². The molecular weight excluding hydrogens is 303 g/mol. The van der Waals surface area contributed by atoms with E-state index in [0.717, 1.165) is 12.8 Å². The zero-order valence-corrected chi connectivity index (χ0v) is 13.3. The number of aromatic nitrogens is 1. The minimum atomic E-state index is -0.435. The number of benzene rings is 1. The van der Waals surface area contributed by atoms with E-state index in [-0.39, 0.29) is 11.5 Å². The van der Waals surface area contributed by atoms with E-state index in [1.165, 1.54) is 23.5 Å². The Morgan fingerprint density at radius 1 is 1.45 bits per heavy atom. The Labute approximate surface area is 132 Å². The molecule has 1 saturated carbocycles. The summed E-state index contributed by atoms with van der Waals surface area (Å²) in [5.41, 5.74) is 0.906.